The predicted octanol–water partition coefficient (Wildman–Crippen LogP) is 0.382. The van der Waals surface area contributed by atoms with Crippen molar-refractivity contribution in [1.82, 2.24) is 0 Å². The van der Waals surface area contributed by atoms with Crippen molar-refractivity contribution in [3.63, 3.8) is 0 Å². The second-order valence-electron chi connectivity index (χ2n) is 5.00. The molecule has 2 rings (SSSR count). The Morgan fingerprint density at radius 3 is 2.72 bits per heavy atom. The molecule has 0 saturated carbocycles. The second-order valence-corrected chi connectivity index (χ2v) is 5.00. The number of hydrogen-bond acceptors (Lipinski definition) is 3. The lowest BCUT2D eigenvalue weighted by molar-refractivity contribution is -0.922. The van der Waals surface area contributed by atoms with Crippen molar-refractivity contribution >= 4 is 5.69 Å². The Morgan fingerprint density at radius 1 is 1.39 bits per heavy atom. The smallest absolute Gasteiger partial charge is 0.269 e. The molecule has 98 valence electrons. The summed E-state index contributed by atoms with van der Waals surface area (Å²) in [4.78, 5) is 11.6. The second kappa shape index (κ2) is 5.93. The number of quaternary nitrogens is 1. The Labute approximate surface area is 106 Å². The van der Waals surface area contributed by atoms with Gasteiger partial charge in [-0.2, -0.15) is 0 Å². The maximum absolute atomic E-state index is 10.6. The zero-order valence-corrected chi connectivity index (χ0v) is 10.3. The van der Waals surface area contributed by atoms with Crippen molar-refractivity contribution in [1.29, 1.82) is 0 Å². The van der Waals surface area contributed by atoms with E-state index in [2.05, 4.69) is 0 Å². The lowest BCUT2D eigenvalue weighted by atomic mass is 9.98. The van der Waals surface area contributed by atoms with Crippen molar-refractivity contribution in [2.75, 3.05) is 19.7 Å². The monoisotopic (exact) mass is 251 g/mol. The Kier molecular flexibility index (Phi) is 4.28. The highest BCUT2D eigenvalue weighted by atomic mass is 16.6. The molecule has 2 atom stereocenters. The van der Waals surface area contributed by atoms with E-state index >= 15 is 0 Å². The third-order valence-corrected chi connectivity index (χ3v) is 3.58. The summed E-state index contributed by atoms with van der Waals surface area (Å²) in [5.41, 5.74) is 1.26. The average molecular weight is 251 g/mol. The van der Waals surface area contributed by atoms with Gasteiger partial charge in [0.25, 0.3) is 5.69 Å². The zero-order chi connectivity index (χ0) is 13.0. The summed E-state index contributed by atoms with van der Waals surface area (Å²) in [5.74, 6) is 0.409. The van der Waals surface area contributed by atoms with Crippen LogP contribution in [0.2, 0.25) is 0 Å². The van der Waals surface area contributed by atoms with Crippen molar-refractivity contribution in [2.45, 2.75) is 19.4 Å². The average Bonchev–Trinajstić information content (AvgIpc) is 2.39. The minimum Gasteiger partial charge on any atom is -0.396 e. The number of piperidine rings is 1. The van der Waals surface area contributed by atoms with Crippen LogP contribution in [0.3, 0.4) is 0 Å². The fraction of sp³-hybridized carbons (Fsp3) is 0.538. The van der Waals surface area contributed by atoms with Gasteiger partial charge in [0.2, 0.25) is 0 Å². The van der Waals surface area contributed by atoms with Crippen LogP contribution in [0.15, 0.2) is 24.3 Å². The molecular formula is C13H19N2O3+. The highest BCUT2D eigenvalue weighted by Gasteiger charge is 2.22. The first-order chi connectivity index (χ1) is 8.69. The molecule has 1 aliphatic rings. The van der Waals surface area contributed by atoms with E-state index in [0.717, 1.165) is 38.0 Å². The van der Waals surface area contributed by atoms with Crippen molar-refractivity contribution in [2.24, 2.45) is 5.92 Å². The third kappa shape index (κ3) is 3.27. The van der Waals surface area contributed by atoms with Gasteiger partial charge in [-0.05, 0) is 25.0 Å². The summed E-state index contributed by atoms with van der Waals surface area (Å²) in [6, 6.07) is 6.77. The van der Waals surface area contributed by atoms with Gasteiger partial charge in [-0.1, -0.05) is 0 Å². The van der Waals surface area contributed by atoms with Gasteiger partial charge in [0.15, 0.2) is 0 Å². The van der Waals surface area contributed by atoms with Gasteiger partial charge >= 0.3 is 0 Å². The number of non-ortho nitro benzene ring substituents is 1. The van der Waals surface area contributed by atoms with Crippen molar-refractivity contribution in [3.05, 3.63) is 39.9 Å². The molecule has 0 spiro atoms. The maximum atomic E-state index is 10.6. The predicted molar refractivity (Wildman–Crippen MR) is 67.3 cm³/mol. The van der Waals surface area contributed by atoms with Gasteiger partial charge in [0.05, 0.1) is 24.6 Å². The molecule has 5 nitrogen and oxygen atoms in total. The minimum atomic E-state index is -0.376. The Balaban J connectivity index is 1.94. The number of nitrogens with one attached hydrogen (secondary N) is 1. The number of aliphatic hydroxyl groups is 1. The van der Waals surface area contributed by atoms with Crippen LogP contribution in [0.25, 0.3) is 0 Å². The van der Waals surface area contributed by atoms with Gasteiger partial charge in [-0.25, -0.2) is 0 Å². The van der Waals surface area contributed by atoms with Crippen LogP contribution >= 0.6 is 0 Å². The molecular weight excluding hydrogens is 232 g/mol. The number of nitro groups is 1. The van der Waals surface area contributed by atoms with E-state index < -0.39 is 0 Å². The minimum absolute atomic E-state index is 0.139. The Hall–Kier alpha value is -1.46. The quantitative estimate of drug-likeness (QED) is 0.600. The topological polar surface area (TPSA) is 67.8 Å². The van der Waals surface area contributed by atoms with Gasteiger partial charge in [0, 0.05) is 23.6 Å². The molecule has 0 bridgehead atoms. The summed E-state index contributed by atoms with van der Waals surface area (Å²) in [6.45, 7) is 3.26. The van der Waals surface area contributed by atoms with Crippen LogP contribution in [0, 0.1) is 16.0 Å². The lowest BCUT2D eigenvalue weighted by Crippen LogP contribution is -3.12. The number of nitrogens with zero attached hydrogens (tertiary/aromatic N) is 1. The highest BCUT2D eigenvalue weighted by molar-refractivity contribution is 5.32. The van der Waals surface area contributed by atoms with Crippen LogP contribution in [0.4, 0.5) is 5.69 Å². The lowest BCUT2D eigenvalue weighted by Gasteiger charge is -2.28. The van der Waals surface area contributed by atoms with Crippen LogP contribution in [0.5, 0.6) is 0 Å². The number of likely N-dealkylation sites (tertiary alicyclic amines) is 1. The molecule has 1 aliphatic heterocycles. The summed E-state index contributed by atoms with van der Waals surface area (Å²) in [6.07, 6.45) is 2.26. The van der Waals surface area contributed by atoms with Crippen LogP contribution in [0.1, 0.15) is 18.4 Å². The maximum Gasteiger partial charge on any atom is 0.269 e. The molecule has 0 amide bonds. The molecule has 5 heteroatoms. The third-order valence-electron chi connectivity index (χ3n) is 3.58. The fourth-order valence-corrected chi connectivity index (χ4v) is 2.59. The molecule has 0 aliphatic carbocycles. The molecule has 1 heterocycles. The SMILES string of the molecule is O=[N+]([O-])c1ccc(C[NH+]2CCC[C@@H](CO)C2)cc1. The van der Waals surface area contributed by atoms with E-state index in [-0.39, 0.29) is 17.2 Å². The van der Waals surface area contributed by atoms with E-state index in [4.69, 9.17) is 0 Å². The van der Waals surface area contributed by atoms with Crippen LogP contribution in [-0.2, 0) is 6.54 Å². The number of rotatable bonds is 4. The van der Waals surface area contributed by atoms with E-state index in [1.165, 1.54) is 4.90 Å². The number of aliphatic hydroxyl groups excluding tert-OH is 1. The molecule has 0 radical (unpaired) electrons. The Bertz CT molecular complexity index is 405. The van der Waals surface area contributed by atoms with Gasteiger partial charge in [0.1, 0.15) is 6.54 Å². The van der Waals surface area contributed by atoms with E-state index in [0.29, 0.717) is 5.92 Å². The first-order valence-corrected chi connectivity index (χ1v) is 6.37. The fourth-order valence-electron chi connectivity index (χ4n) is 2.59. The summed E-state index contributed by atoms with van der Waals surface area (Å²) < 4.78 is 0. The number of nitro benzene ring substituents is 1. The summed E-state index contributed by atoms with van der Waals surface area (Å²) in [7, 11) is 0. The summed E-state index contributed by atoms with van der Waals surface area (Å²) >= 11 is 0. The van der Waals surface area contributed by atoms with Gasteiger partial charge in [-0.3, -0.25) is 10.1 Å². The largest absolute Gasteiger partial charge is 0.396 e. The molecule has 1 saturated heterocycles. The first kappa shape index (κ1) is 13.0. The Morgan fingerprint density at radius 2 is 2.11 bits per heavy atom. The molecule has 1 unspecified atom stereocenters. The molecule has 1 aromatic rings. The van der Waals surface area contributed by atoms with E-state index in [1.807, 2.05) is 12.1 Å². The molecule has 2 N–H and O–H groups in total. The van der Waals surface area contributed by atoms with Gasteiger partial charge < -0.3 is 10.0 Å². The molecule has 1 aromatic carbocycles. The molecule has 18 heavy (non-hydrogen) atoms. The van der Waals surface area contributed by atoms with E-state index in [9.17, 15) is 15.2 Å². The number of hydrogen-bond donors (Lipinski definition) is 2. The summed E-state index contributed by atoms with van der Waals surface area (Å²) in [5, 5.41) is 19.7. The van der Waals surface area contributed by atoms with E-state index in [1.54, 1.807) is 12.1 Å². The normalized spacial score (nSPS) is 23.8. The molecule has 1 fully saturated rings. The van der Waals surface area contributed by atoms with Gasteiger partial charge in [-0.15, -0.1) is 0 Å². The van der Waals surface area contributed by atoms with Crippen LogP contribution in [-0.4, -0.2) is 29.7 Å². The van der Waals surface area contributed by atoms with Crippen LogP contribution < -0.4 is 4.90 Å². The standard InChI is InChI=1S/C13H18N2O3/c16-10-12-2-1-7-14(9-12)8-11-3-5-13(6-4-11)15(17)18/h3-6,12,16H,1-2,7-10H2/p+1/t12-/m1/s1. The van der Waals surface area contributed by atoms with Crippen molar-refractivity contribution < 1.29 is 14.9 Å². The zero-order valence-electron chi connectivity index (χ0n) is 10.3. The highest BCUT2D eigenvalue weighted by Crippen LogP contribution is 2.12. The number of benzene rings is 1. The first-order valence-electron chi connectivity index (χ1n) is 6.37. The van der Waals surface area contributed by atoms with Crippen molar-refractivity contribution in [3.8, 4) is 0 Å². The molecule has 0 aromatic heterocycles.